The maximum atomic E-state index is 11.1. The zero-order valence-corrected chi connectivity index (χ0v) is 12.5. The third-order valence-electron chi connectivity index (χ3n) is 3.22. The van der Waals surface area contributed by atoms with Crippen LogP contribution >= 0.6 is 11.6 Å². The number of carbonyl (C=O) groups is 1. The maximum Gasteiger partial charge on any atom is 0.347 e. The van der Waals surface area contributed by atoms with E-state index in [-0.39, 0.29) is 0 Å². The molecule has 112 valence electrons. The molecule has 1 aromatic heterocycles. The van der Waals surface area contributed by atoms with Crippen LogP contribution in [0.1, 0.15) is 6.92 Å². The van der Waals surface area contributed by atoms with Crippen LogP contribution in [-0.4, -0.2) is 26.9 Å². The average molecular weight is 317 g/mol. The van der Waals surface area contributed by atoms with Crippen LogP contribution in [0.25, 0.3) is 22.4 Å². The lowest BCUT2D eigenvalue weighted by atomic mass is 10.2. The van der Waals surface area contributed by atoms with E-state index in [1.165, 1.54) is 11.7 Å². The Morgan fingerprint density at radius 2 is 2.00 bits per heavy atom. The van der Waals surface area contributed by atoms with E-state index in [0.717, 1.165) is 5.56 Å². The van der Waals surface area contributed by atoms with Crippen molar-refractivity contribution in [2.24, 2.45) is 0 Å². The molecule has 1 N–H and O–H groups in total. The maximum absolute atomic E-state index is 11.1. The Labute approximate surface area is 131 Å². The third kappa shape index (κ3) is 2.63. The van der Waals surface area contributed by atoms with Crippen LogP contribution in [0.2, 0.25) is 5.02 Å². The third-order valence-corrected chi connectivity index (χ3v) is 3.45. The van der Waals surface area contributed by atoms with Gasteiger partial charge in [0.15, 0.2) is 5.82 Å². The van der Waals surface area contributed by atoms with Gasteiger partial charge in [-0.25, -0.2) is 9.78 Å². The van der Waals surface area contributed by atoms with Gasteiger partial charge in [0, 0.05) is 10.6 Å². The van der Waals surface area contributed by atoms with E-state index in [1.54, 1.807) is 18.2 Å². The SMILES string of the molecule is CC(On1c(-c2ccccc2)nc2ccc(Cl)cc21)C(=O)O. The van der Waals surface area contributed by atoms with Crippen LogP contribution in [0.5, 0.6) is 0 Å². The Balaban J connectivity index is 2.20. The molecule has 0 bridgehead atoms. The van der Waals surface area contributed by atoms with E-state index in [2.05, 4.69) is 4.98 Å². The highest BCUT2D eigenvalue weighted by Gasteiger charge is 2.19. The Morgan fingerprint density at radius 3 is 2.68 bits per heavy atom. The van der Waals surface area contributed by atoms with E-state index >= 15 is 0 Å². The summed E-state index contributed by atoms with van der Waals surface area (Å²) in [5.74, 6) is -0.520. The van der Waals surface area contributed by atoms with Gasteiger partial charge in [-0.05, 0) is 25.1 Å². The summed E-state index contributed by atoms with van der Waals surface area (Å²) in [7, 11) is 0. The molecule has 2 aromatic carbocycles. The number of aliphatic carboxylic acids is 1. The molecule has 0 amide bonds. The lowest BCUT2D eigenvalue weighted by Gasteiger charge is -2.14. The van der Waals surface area contributed by atoms with Crippen molar-refractivity contribution in [3.63, 3.8) is 0 Å². The number of nitrogens with zero attached hydrogens (tertiary/aromatic N) is 2. The van der Waals surface area contributed by atoms with E-state index < -0.39 is 12.1 Å². The molecule has 0 radical (unpaired) electrons. The molecule has 0 saturated heterocycles. The van der Waals surface area contributed by atoms with Gasteiger partial charge < -0.3 is 9.94 Å². The molecular weight excluding hydrogens is 304 g/mol. The quantitative estimate of drug-likeness (QED) is 0.802. The van der Waals surface area contributed by atoms with E-state index in [0.29, 0.717) is 21.9 Å². The monoisotopic (exact) mass is 316 g/mol. The standard InChI is InChI=1S/C16H13ClN2O3/c1-10(16(20)21)22-19-14-9-12(17)7-8-13(14)18-15(19)11-5-3-2-4-6-11/h2-10H,1H3,(H,20,21). The van der Waals surface area contributed by atoms with Gasteiger partial charge >= 0.3 is 5.97 Å². The molecule has 0 saturated carbocycles. The number of halogens is 1. The topological polar surface area (TPSA) is 64.4 Å². The van der Waals surface area contributed by atoms with Gasteiger partial charge in [-0.2, -0.15) is 4.73 Å². The highest BCUT2D eigenvalue weighted by molar-refractivity contribution is 6.31. The van der Waals surface area contributed by atoms with Gasteiger partial charge in [0.05, 0.1) is 5.52 Å². The number of hydrogen-bond donors (Lipinski definition) is 1. The molecule has 1 unspecified atom stereocenters. The molecule has 0 fully saturated rings. The first-order valence-electron chi connectivity index (χ1n) is 6.69. The summed E-state index contributed by atoms with van der Waals surface area (Å²) in [5, 5.41) is 9.61. The van der Waals surface area contributed by atoms with Crippen LogP contribution < -0.4 is 4.84 Å². The van der Waals surface area contributed by atoms with Gasteiger partial charge in [-0.15, -0.1) is 0 Å². The fraction of sp³-hybridized carbons (Fsp3) is 0.125. The molecule has 0 aliphatic rings. The normalized spacial score (nSPS) is 12.3. The number of imidazole rings is 1. The number of hydrogen-bond acceptors (Lipinski definition) is 3. The van der Waals surface area contributed by atoms with Crippen molar-refractivity contribution >= 4 is 28.6 Å². The Bertz CT molecular complexity index is 830. The molecular formula is C16H13ClN2O3. The van der Waals surface area contributed by atoms with Crippen molar-refractivity contribution in [3.05, 3.63) is 53.6 Å². The lowest BCUT2D eigenvalue weighted by Crippen LogP contribution is -2.30. The van der Waals surface area contributed by atoms with Crippen molar-refractivity contribution in [2.45, 2.75) is 13.0 Å². The summed E-state index contributed by atoms with van der Waals surface area (Å²) in [6.45, 7) is 1.47. The number of aromatic nitrogens is 2. The van der Waals surface area contributed by atoms with Crippen LogP contribution in [0, 0.1) is 0 Å². The molecule has 1 heterocycles. The summed E-state index contributed by atoms with van der Waals surface area (Å²) in [6.07, 6.45) is -1.01. The van der Waals surface area contributed by atoms with Crippen molar-refractivity contribution in [1.82, 2.24) is 9.71 Å². The minimum atomic E-state index is -1.05. The van der Waals surface area contributed by atoms with Crippen molar-refractivity contribution in [1.29, 1.82) is 0 Å². The fourth-order valence-corrected chi connectivity index (χ4v) is 2.27. The second kappa shape index (κ2) is 5.69. The Kier molecular flexibility index (Phi) is 3.73. The summed E-state index contributed by atoms with van der Waals surface area (Å²) in [6, 6.07) is 14.6. The van der Waals surface area contributed by atoms with Gasteiger partial charge in [-0.3, -0.25) is 0 Å². The van der Waals surface area contributed by atoms with Gasteiger partial charge in [0.2, 0.25) is 6.10 Å². The van der Waals surface area contributed by atoms with Crippen LogP contribution in [0.3, 0.4) is 0 Å². The van der Waals surface area contributed by atoms with E-state index in [4.69, 9.17) is 21.5 Å². The minimum Gasteiger partial charge on any atom is -0.478 e. The van der Waals surface area contributed by atoms with Gasteiger partial charge in [-0.1, -0.05) is 41.9 Å². The molecule has 0 spiro atoms. The average Bonchev–Trinajstić information content (AvgIpc) is 2.86. The molecule has 1 atom stereocenters. The predicted molar refractivity (Wildman–Crippen MR) is 83.9 cm³/mol. The zero-order valence-electron chi connectivity index (χ0n) is 11.7. The highest BCUT2D eigenvalue weighted by atomic mass is 35.5. The van der Waals surface area contributed by atoms with E-state index in [9.17, 15) is 4.79 Å². The van der Waals surface area contributed by atoms with Crippen molar-refractivity contribution in [2.75, 3.05) is 0 Å². The Hall–Kier alpha value is -2.53. The van der Waals surface area contributed by atoms with Gasteiger partial charge in [0.25, 0.3) is 0 Å². The first-order chi connectivity index (χ1) is 10.6. The number of fused-ring (bicyclic) bond motifs is 1. The second-order valence-electron chi connectivity index (χ2n) is 4.81. The lowest BCUT2D eigenvalue weighted by molar-refractivity contribution is -0.148. The first kappa shape index (κ1) is 14.4. The molecule has 5 nitrogen and oxygen atoms in total. The number of rotatable bonds is 4. The highest BCUT2D eigenvalue weighted by Crippen LogP contribution is 2.26. The summed E-state index contributed by atoms with van der Waals surface area (Å²) >= 11 is 6.03. The number of carboxylic acids is 1. The van der Waals surface area contributed by atoms with Gasteiger partial charge in [0.1, 0.15) is 5.52 Å². The summed E-state index contributed by atoms with van der Waals surface area (Å²) in [4.78, 5) is 21.2. The van der Waals surface area contributed by atoms with Crippen molar-refractivity contribution in [3.8, 4) is 11.4 Å². The fourth-order valence-electron chi connectivity index (χ4n) is 2.11. The number of carboxylic acid groups (broad SMARTS) is 1. The second-order valence-corrected chi connectivity index (χ2v) is 5.25. The largest absolute Gasteiger partial charge is 0.478 e. The number of benzene rings is 2. The molecule has 0 aliphatic carbocycles. The molecule has 22 heavy (non-hydrogen) atoms. The smallest absolute Gasteiger partial charge is 0.347 e. The van der Waals surface area contributed by atoms with Crippen molar-refractivity contribution < 1.29 is 14.7 Å². The molecule has 3 aromatic rings. The van der Waals surface area contributed by atoms with Crippen LogP contribution in [0.15, 0.2) is 48.5 Å². The zero-order chi connectivity index (χ0) is 15.7. The first-order valence-corrected chi connectivity index (χ1v) is 7.07. The summed E-state index contributed by atoms with van der Waals surface area (Å²) in [5.41, 5.74) is 2.13. The van der Waals surface area contributed by atoms with Crippen LogP contribution in [-0.2, 0) is 4.79 Å². The molecule has 3 rings (SSSR count). The Morgan fingerprint density at radius 1 is 1.27 bits per heavy atom. The molecule has 6 heteroatoms. The van der Waals surface area contributed by atoms with Crippen LogP contribution in [0.4, 0.5) is 0 Å². The van der Waals surface area contributed by atoms with E-state index in [1.807, 2.05) is 30.3 Å². The summed E-state index contributed by atoms with van der Waals surface area (Å²) < 4.78 is 1.43. The molecule has 0 aliphatic heterocycles. The minimum absolute atomic E-state index is 0.528. The predicted octanol–water partition coefficient (Wildman–Crippen LogP) is 3.26.